The maximum Gasteiger partial charge on any atom is 0.129 e. The van der Waals surface area contributed by atoms with Gasteiger partial charge in [0.15, 0.2) is 0 Å². The third-order valence-electron chi connectivity index (χ3n) is 3.27. The second-order valence-electron chi connectivity index (χ2n) is 4.60. The zero-order valence-electron chi connectivity index (χ0n) is 10.6. The molecule has 4 heteroatoms. The molecule has 1 aromatic heterocycles. The van der Waals surface area contributed by atoms with Crippen molar-refractivity contribution >= 4 is 22.5 Å². The first kappa shape index (κ1) is 13.0. The zero-order chi connectivity index (χ0) is 14.1. The summed E-state index contributed by atoms with van der Waals surface area (Å²) >= 11 is 5.75. The highest BCUT2D eigenvalue weighted by molar-refractivity contribution is 6.30. The molecule has 0 aliphatic heterocycles. The van der Waals surface area contributed by atoms with E-state index in [9.17, 15) is 4.39 Å². The van der Waals surface area contributed by atoms with Crippen molar-refractivity contribution in [1.29, 1.82) is 0 Å². The van der Waals surface area contributed by atoms with Crippen LogP contribution in [0.5, 0.6) is 0 Å². The van der Waals surface area contributed by atoms with Crippen molar-refractivity contribution in [3.63, 3.8) is 0 Å². The summed E-state index contributed by atoms with van der Waals surface area (Å²) in [5.74, 6) is -0.404. The normalized spacial score (nSPS) is 12.6. The molecule has 0 fully saturated rings. The van der Waals surface area contributed by atoms with Gasteiger partial charge < -0.3 is 5.73 Å². The molecule has 0 spiro atoms. The van der Waals surface area contributed by atoms with E-state index in [0.717, 1.165) is 16.5 Å². The first-order valence-corrected chi connectivity index (χ1v) is 6.58. The van der Waals surface area contributed by atoms with Crippen LogP contribution in [0.2, 0.25) is 5.02 Å². The van der Waals surface area contributed by atoms with E-state index in [4.69, 9.17) is 17.3 Å². The van der Waals surface area contributed by atoms with Crippen LogP contribution in [0.15, 0.2) is 54.7 Å². The molecule has 1 unspecified atom stereocenters. The van der Waals surface area contributed by atoms with Gasteiger partial charge in [-0.2, -0.15) is 0 Å². The van der Waals surface area contributed by atoms with Crippen molar-refractivity contribution in [2.75, 3.05) is 0 Å². The van der Waals surface area contributed by atoms with Crippen molar-refractivity contribution in [3.8, 4) is 0 Å². The summed E-state index contributed by atoms with van der Waals surface area (Å²) in [6, 6.07) is 13.6. The molecule has 0 aliphatic rings. The highest BCUT2D eigenvalue weighted by Crippen LogP contribution is 2.25. The van der Waals surface area contributed by atoms with E-state index in [1.54, 1.807) is 18.3 Å². The molecule has 0 bridgehead atoms. The monoisotopic (exact) mass is 286 g/mol. The highest BCUT2D eigenvalue weighted by atomic mass is 35.5. The number of para-hydroxylation sites is 1. The number of fused-ring (bicyclic) bond motifs is 1. The van der Waals surface area contributed by atoms with Gasteiger partial charge in [-0.1, -0.05) is 35.9 Å². The molecular formula is C16H12ClFN2. The lowest BCUT2D eigenvalue weighted by molar-refractivity contribution is 0.599. The maximum absolute atomic E-state index is 13.9. The average molecular weight is 287 g/mol. The van der Waals surface area contributed by atoms with Gasteiger partial charge in [0.2, 0.25) is 0 Å². The van der Waals surface area contributed by atoms with Gasteiger partial charge in [0, 0.05) is 22.2 Å². The fraction of sp³-hybridized carbons (Fsp3) is 0.0625. The minimum atomic E-state index is -0.565. The number of benzene rings is 2. The Bertz CT molecular complexity index is 773. The molecule has 2 nitrogen and oxygen atoms in total. The van der Waals surface area contributed by atoms with Gasteiger partial charge in [0.05, 0.1) is 11.6 Å². The van der Waals surface area contributed by atoms with Crippen LogP contribution >= 0.6 is 11.6 Å². The second kappa shape index (κ2) is 5.19. The molecule has 3 rings (SSSR count). The quantitative estimate of drug-likeness (QED) is 0.771. The van der Waals surface area contributed by atoms with E-state index in [0.29, 0.717) is 10.6 Å². The van der Waals surface area contributed by atoms with Crippen molar-refractivity contribution < 1.29 is 4.39 Å². The van der Waals surface area contributed by atoms with Crippen LogP contribution in [0.4, 0.5) is 4.39 Å². The van der Waals surface area contributed by atoms with E-state index >= 15 is 0 Å². The third kappa shape index (κ3) is 2.38. The van der Waals surface area contributed by atoms with Gasteiger partial charge in [-0.15, -0.1) is 0 Å². The van der Waals surface area contributed by atoms with Gasteiger partial charge in [-0.25, -0.2) is 4.39 Å². The Hall–Kier alpha value is -1.97. The summed E-state index contributed by atoms with van der Waals surface area (Å²) in [6.07, 6.45) is 1.68. The Balaban J connectivity index is 2.05. The van der Waals surface area contributed by atoms with Crippen LogP contribution in [0.1, 0.15) is 17.2 Å². The Morgan fingerprint density at radius 1 is 1.10 bits per heavy atom. The third-order valence-corrected chi connectivity index (χ3v) is 3.50. The van der Waals surface area contributed by atoms with Crippen molar-refractivity contribution in [1.82, 2.24) is 4.98 Å². The van der Waals surface area contributed by atoms with E-state index in [1.807, 2.05) is 30.3 Å². The lowest BCUT2D eigenvalue weighted by Crippen LogP contribution is -2.13. The smallest absolute Gasteiger partial charge is 0.129 e. The fourth-order valence-corrected chi connectivity index (χ4v) is 2.35. The molecule has 2 N–H and O–H groups in total. The number of aromatic nitrogens is 1. The first-order chi connectivity index (χ1) is 9.65. The fourth-order valence-electron chi connectivity index (χ4n) is 2.19. The number of rotatable bonds is 2. The summed E-state index contributed by atoms with van der Waals surface area (Å²) in [6.45, 7) is 0. The number of hydrogen-bond acceptors (Lipinski definition) is 2. The zero-order valence-corrected chi connectivity index (χ0v) is 11.3. The van der Waals surface area contributed by atoms with Crippen LogP contribution < -0.4 is 5.73 Å². The Labute approximate surface area is 121 Å². The molecule has 0 saturated heterocycles. The summed E-state index contributed by atoms with van der Waals surface area (Å²) in [7, 11) is 0. The molecule has 1 heterocycles. The SMILES string of the molecule is NC(c1cnc2ccccc2c1)c1ccc(Cl)cc1F. The number of nitrogens with two attached hydrogens (primary N) is 1. The molecule has 2 aromatic carbocycles. The van der Waals surface area contributed by atoms with Gasteiger partial charge in [-0.05, 0) is 29.8 Å². The molecule has 0 radical (unpaired) electrons. The van der Waals surface area contributed by atoms with Crippen LogP contribution in [0.3, 0.4) is 0 Å². The van der Waals surface area contributed by atoms with Crippen molar-refractivity contribution in [2.45, 2.75) is 6.04 Å². The van der Waals surface area contributed by atoms with Gasteiger partial charge in [0.1, 0.15) is 5.82 Å². The minimum absolute atomic E-state index is 0.357. The summed E-state index contributed by atoms with van der Waals surface area (Å²) in [5.41, 5.74) is 8.20. The average Bonchev–Trinajstić information content (AvgIpc) is 2.46. The van der Waals surface area contributed by atoms with Crippen molar-refractivity contribution in [2.24, 2.45) is 5.73 Å². The molecule has 3 aromatic rings. The van der Waals surface area contributed by atoms with E-state index in [-0.39, 0.29) is 0 Å². The minimum Gasteiger partial charge on any atom is -0.320 e. The highest BCUT2D eigenvalue weighted by Gasteiger charge is 2.14. The molecule has 1 atom stereocenters. The molecule has 0 saturated carbocycles. The number of nitrogens with zero attached hydrogens (tertiary/aromatic N) is 1. The van der Waals surface area contributed by atoms with Gasteiger partial charge in [0.25, 0.3) is 0 Å². The molecule has 0 amide bonds. The molecular weight excluding hydrogens is 275 g/mol. The lowest BCUT2D eigenvalue weighted by Gasteiger charge is -2.14. The number of halogens is 2. The van der Waals surface area contributed by atoms with E-state index in [1.165, 1.54) is 6.07 Å². The van der Waals surface area contributed by atoms with E-state index in [2.05, 4.69) is 4.98 Å². The van der Waals surface area contributed by atoms with Gasteiger partial charge in [-0.3, -0.25) is 4.98 Å². The van der Waals surface area contributed by atoms with Crippen LogP contribution in [0, 0.1) is 5.82 Å². The maximum atomic E-state index is 13.9. The molecule has 0 aliphatic carbocycles. The topological polar surface area (TPSA) is 38.9 Å². The Morgan fingerprint density at radius 3 is 2.70 bits per heavy atom. The largest absolute Gasteiger partial charge is 0.320 e. The van der Waals surface area contributed by atoms with Gasteiger partial charge >= 0.3 is 0 Å². The standard InChI is InChI=1S/C16H12ClFN2/c17-12-5-6-13(14(18)8-12)16(19)11-7-10-3-1-2-4-15(10)20-9-11/h1-9,16H,19H2. The number of hydrogen-bond donors (Lipinski definition) is 1. The molecule has 20 heavy (non-hydrogen) atoms. The summed E-state index contributed by atoms with van der Waals surface area (Å²) in [4.78, 5) is 4.35. The first-order valence-electron chi connectivity index (χ1n) is 6.20. The summed E-state index contributed by atoms with van der Waals surface area (Å²) in [5, 5.41) is 1.34. The molecule has 100 valence electrons. The van der Waals surface area contributed by atoms with Crippen LogP contribution in [-0.2, 0) is 0 Å². The van der Waals surface area contributed by atoms with E-state index < -0.39 is 11.9 Å². The summed E-state index contributed by atoms with van der Waals surface area (Å²) < 4.78 is 13.9. The predicted octanol–water partition coefficient (Wildman–Crippen LogP) is 4.08. The Kier molecular flexibility index (Phi) is 3.38. The predicted molar refractivity (Wildman–Crippen MR) is 79.2 cm³/mol. The van der Waals surface area contributed by atoms with Crippen molar-refractivity contribution in [3.05, 3.63) is 76.7 Å². The van der Waals surface area contributed by atoms with Crippen LogP contribution in [0.25, 0.3) is 10.9 Å². The second-order valence-corrected chi connectivity index (χ2v) is 5.04. The van der Waals surface area contributed by atoms with Crippen LogP contribution in [-0.4, -0.2) is 4.98 Å². The number of pyridine rings is 1. The lowest BCUT2D eigenvalue weighted by atomic mass is 9.99. The Morgan fingerprint density at radius 2 is 1.90 bits per heavy atom.